The zero-order chi connectivity index (χ0) is 15.9. The molecular weight excluding hydrogens is 336 g/mol. The molecule has 4 nitrogen and oxygen atoms in total. The maximum absolute atomic E-state index is 10.3. The maximum atomic E-state index is 10.3. The van der Waals surface area contributed by atoms with Crippen molar-refractivity contribution in [2.75, 3.05) is 0 Å². The van der Waals surface area contributed by atoms with E-state index in [9.17, 15) is 15.0 Å². The summed E-state index contributed by atoms with van der Waals surface area (Å²) in [6.45, 7) is 0. The van der Waals surface area contributed by atoms with Crippen molar-refractivity contribution in [3.8, 4) is 11.8 Å². The van der Waals surface area contributed by atoms with Crippen LogP contribution in [0.3, 0.4) is 0 Å². The summed E-state index contributed by atoms with van der Waals surface area (Å²) in [7, 11) is 0. The van der Waals surface area contributed by atoms with Gasteiger partial charge in [0.2, 0.25) is 0 Å². The number of unbranched alkanes of at least 4 members (excludes halogenated alkanes) is 1. The minimum Gasteiger partial charge on any atom is -0.481 e. The van der Waals surface area contributed by atoms with Crippen LogP contribution >= 0.6 is 15.9 Å². The average molecular weight is 357 g/mol. The topological polar surface area (TPSA) is 77.8 Å². The van der Waals surface area contributed by atoms with Crippen LogP contribution in [0, 0.1) is 11.8 Å². The highest BCUT2D eigenvalue weighted by Crippen LogP contribution is 2.05. The Hall–Kier alpha value is -1.35. The van der Waals surface area contributed by atoms with Crippen LogP contribution in [0.1, 0.15) is 32.1 Å². The molecule has 0 bridgehead atoms. The van der Waals surface area contributed by atoms with Crippen LogP contribution in [0.4, 0.5) is 0 Å². The Kier molecular flexibility index (Phi) is 12.7. The van der Waals surface area contributed by atoms with Gasteiger partial charge in [0.15, 0.2) is 0 Å². The SMILES string of the molecule is O=C(O)CCCC#CC=C[C@@H](O)[C@H](O)CCC=CC=CBr. The molecule has 0 aliphatic carbocycles. The van der Waals surface area contributed by atoms with Crippen molar-refractivity contribution in [1.29, 1.82) is 0 Å². The number of hydrogen-bond acceptors (Lipinski definition) is 3. The zero-order valence-electron chi connectivity index (χ0n) is 11.8. The molecule has 0 rings (SSSR count). The van der Waals surface area contributed by atoms with Crippen molar-refractivity contribution in [2.45, 2.75) is 44.3 Å². The third-order valence-corrected chi connectivity index (χ3v) is 2.82. The molecule has 21 heavy (non-hydrogen) atoms. The Morgan fingerprint density at radius 2 is 2.05 bits per heavy atom. The van der Waals surface area contributed by atoms with Gasteiger partial charge in [0, 0.05) is 12.8 Å². The van der Waals surface area contributed by atoms with E-state index in [1.54, 1.807) is 4.99 Å². The summed E-state index contributed by atoms with van der Waals surface area (Å²) in [5.41, 5.74) is 0. The van der Waals surface area contributed by atoms with Crippen LogP contribution in [-0.4, -0.2) is 33.5 Å². The van der Waals surface area contributed by atoms with Gasteiger partial charge >= 0.3 is 5.97 Å². The molecule has 0 unspecified atom stereocenters. The molecule has 3 N–H and O–H groups in total. The first-order valence-corrected chi connectivity index (χ1v) is 7.64. The molecule has 116 valence electrons. The Morgan fingerprint density at radius 3 is 2.71 bits per heavy atom. The number of hydrogen-bond donors (Lipinski definition) is 3. The fourth-order valence-electron chi connectivity index (χ4n) is 1.39. The Bertz CT molecular complexity index is 429. The first kappa shape index (κ1) is 19.7. The largest absolute Gasteiger partial charge is 0.481 e. The average Bonchev–Trinajstić information content (AvgIpc) is 2.45. The number of carboxylic acids is 1. The second-order valence-electron chi connectivity index (χ2n) is 4.31. The molecule has 0 aliphatic rings. The van der Waals surface area contributed by atoms with Crippen LogP contribution in [0.2, 0.25) is 0 Å². The van der Waals surface area contributed by atoms with Crippen molar-refractivity contribution < 1.29 is 20.1 Å². The fraction of sp³-hybridized carbons (Fsp3) is 0.438. The summed E-state index contributed by atoms with van der Waals surface area (Å²) >= 11 is 3.14. The van der Waals surface area contributed by atoms with Gasteiger partial charge in [0.05, 0.1) is 12.2 Å². The van der Waals surface area contributed by atoms with Crippen molar-refractivity contribution in [3.63, 3.8) is 0 Å². The first-order valence-electron chi connectivity index (χ1n) is 6.72. The number of allylic oxidation sites excluding steroid dienone is 4. The number of aliphatic hydroxyl groups is 2. The van der Waals surface area contributed by atoms with Crippen LogP contribution in [0.5, 0.6) is 0 Å². The predicted octanol–water partition coefficient (Wildman–Crippen LogP) is 2.77. The summed E-state index contributed by atoms with van der Waals surface area (Å²) in [5, 5.41) is 27.8. The number of carbonyl (C=O) groups is 1. The molecule has 0 aromatic carbocycles. The van der Waals surface area contributed by atoms with E-state index in [1.165, 1.54) is 12.2 Å². The van der Waals surface area contributed by atoms with Gasteiger partial charge in [-0.2, -0.15) is 0 Å². The number of aliphatic carboxylic acids is 1. The lowest BCUT2D eigenvalue weighted by Crippen LogP contribution is -2.23. The summed E-state index contributed by atoms with van der Waals surface area (Å²) < 4.78 is 0. The third kappa shape index (κ3) is 13.4. The summed E-state index contributed by atoms with van der Waals surface area (Å²) in [5.74, 6) is 4.66. The molecular formula is C16H21BrO4. The molecule has 0 heterocycles. The molecule has 0 spiro atoms. The molecule has 0 amide bonds. The molecule has 5 heteroatoms. The standard InChI is InChI=1S/C16H21BrO4/c17-13-9-5-4-7-11-15(19)14(18)10-6-2-1-3-8-12-16(20)21/h4-6,9-10,13-15,18-19H,3,7-8,11-12H2,(H,20,21)/t14-,15-/m1/s1. The number of aliphatic hydroxyl groups excluding tert-OH is 2. The van der Waals surface area contributed by atoms with Gasteiger partial charge in [-0.3, -0.25) is 4.79 Å². The van der Waals surface area contributed by atoms with E-state index < -0.39 is 18.2 Å². The highest BCUT2D eigenvalue weighted by molar-refractivity contribution is 9.11. The lowest BCUT2D eigenvalue weighted by molar-refractivity contribution is -0.137. The van der Waals surface area contributed by atoms with Gasteiger partial charge in [-0.05, 0) is 36.4 Å². The Morgan fingerprint density at radius 1 is 1.29 bits per heavy atom. The highest BCUT2D eigenvalue weighted by Gasteiger charge is 2.11. The number of halogens is 1. The second kappa shape index (κ2) is 13.6. The zero-order valence-corrected chi connectivity index (χ0v) is 13.4. The summed E-state index contributed by atoms with van der Waals surface area (Å²) in [6, 6.07) is 0. The fourth-order valence-corrected chi connectivity index (χ4v) is 1.56. The van der Waals surface area contributed by atoms with E-state index in [1.807, 2.05) is 18.2 Å². The van der Waals surface area contributed by atoms with E-state index in [-0.39, 0.29) is 6.42 Å². The van der Waals surface area contributed by atoms with Gasteiger partial charge in [-0.1, -0.05) is 46.0 Å². The van der Waals surface area contributed by atoms with E-state index >= 15 is 0 Å². The molecule has 2 atom stereocenters. The van der Waals surface area contributed by atoms with Crippen molar-refractivity contribution >= 4 is 21.9 Å². The Labute approximate surface area is 134 Å². The van der Waals surface area contributed by atoms with Crippen molar-refractivity contribution in [1.82, 2.24) is 0 Å². The molecule has 0 aromatic heterocycles. The van der Waals surface area contributed by atoms with Crippen molar-refractivity contribution in [2.24, 2.45) is 0 Å². The van der Waals surface area contributed by atoms with E-state index in [4.69, 9.17) is 5.11 Å². The third-order valence-electron chi connectivity index (χ3n) is 2.51. The van der Waals surface area contributed by atoms with Crippen molar-refractivity contribution in [3.05, 3.63) is 35.4 Å². The van der Waals surface area contributed by atoms with Crippen LogP contribution in [0.15, 0.2) is 35.4 Å². The Balaban J connectivity index is 3.89. The summed E-state index contributed by atoms with van der Waals surface area (Å²) in [6.07, 6.45) is 8.99. The molecule has 0 saturated carbocycles. The number of carboxylic acid groups (broad SMARTS) is 1. The lowest BCUT2D eigenvalue weighted by Gasteiger charge is -2.12. The monoisotopic (exact) mass is 356 g/mol. The van der Waals surface area contributed by atoms with Crippen LogP contribution in [0.25, 0.3) is 0 Å². The van der Waals surface area contributed by atoms with Gasteiger partial charge in [0.25, 0.3) is 0 Å². The van der Waals surface area contributed by atoms with E-state index in [0.29, 0.717) is 25.7 Å². The number of rotatable bonds is 9. The van der Waals surface area contributed by atoms with Crippen LogP contribution in [-0.2, 0) is 4.79 Å². The lowest BCUT2D eigenvalue weighted by atomic mass is 10.1. The van der Waals surface area contributed by atoms with Crippen LogP contribution < -0.4 is 0 Å². The maximum Gasteiger partial charge on any atom is 0.303 e. The van der Waals surface area contributed by atoms with Gasteiger partial charge < -0.3 is 15.3 Å². The molecule has 0 aromatic rings. The van der Waals surface area contributed by atoms with E-state index in [0.717, 1.165) is 0 Å². The molecule has 0 aliphatic heterocycles. The molecule has 0 radical (unpaired) electrons. The minimum absolute atomic E-state index is 0.109. The van der Waals surface area contributed by atoms with E-state index in [2.05, 4.69) is 27.8 Å². The smallest absolute Gasteiger partial charge is 0.303 e. The summed E-state index contributed by atoms with van der Waals surface area (Å²) in [4.78, 5) is 12.0. The second-order valence-corrected chi connectivity index (χ2v) is 4.84. The minimum atomic E-state index is -0.946. The quantitative estimate of drug-likeness (QED) is 0.337. The van der Waals surface area contributed by atoms with Gasteiger partial charge in [0.1, 0.15) is 0 Å². The van der Waals surface area contributed by atoms with Gasteiger partial charge in [-0.25, -0.2) is 0 Å². The molecule has 0 fully saturated rings. The van der Waals surface area contributed by atoms with Gasteiger partial charge in [-0.15, -0.1) is 0 Å². The normalized spacial score (nSPS) is 14.4. The predicted molar refractivity (Wildman–Crippen MR) is 86.9 cm³/mol. The first-order chi connectivity index (χ1) is 10.1. The highest BCUT2D eigenvalue weighted by atomic mass is 79.9. The molecule has 0 saturated heterocycles.